The van der Waals surface area contributed by atoms with Crippen LogP contribution in [0.4, 0.5) is 10.5 Å². The maximum atomic E-state index is 12.2. The molecule has 0 saturated heterocycles. The summed E-state index contributed by atoms with van der Waals surface area (Å²) in [5.74, 6) is 0. The van der Waals surface area contributed by atoms with Crippen LogP contribution in [-0.4, -0.2) is 22.9 Å². The average molecular weight is 321 g/mol. The summed E-state index contributed by atoms with van der Waals surface area (Å²) < 4.78 is 0. The zero-order valence-corrected chi connectivity index (χ0v) is 12.4. The summed E-state index contributed by atoms with van der Waals surface area (Å²) in [6.07, 6.45) is 0. The van der Waals surface area contributed by atoms with E-state index < -0.39 is 13.1 Å². The molecule has 0 saturated carbocycles. The van der Waals surface area contributed by atoms with Crippen LogP contribution in [0.25, 0.3) is 0 Å². The van der Waals surface area contributed by atoms with Gasteiger partial charge in [-0.2, -0.15) is 0 Å². The Balaban J connectivity index is 1.96. The van der Waals surface area contributed by atoms with Gasteiger partial charge in [0.15, 0.2) is 0 Å². The maximum absolute atomic E-state index is 12.2. The first-order valence-electron chi connectivity index (χ1n) is 6.35. The SMILES string of the molecule is O=C1Nc2cc(Cl)cc(Cl)c2B(O)N1Cc1ccccc1. The van der Waals surface area contributed by atoms with Crippen molar-refractivity contribution in [2.45, 2.75) is 6.54 Å². The Morgan fingerprint density at radius 3 is 2.62 bits per heavy atom. The smallest absolute Gasteiger partial charge is 0.428 e. The molecular weight excluding hydrogens is 310 g/mol. The average Bonchev–Trinajstić information content (AvgIpc) is 2.43. The van der Waals surface area contributed by atoms with Crippen molar-refractivity contribution in [1.82, 2.24) is 4.81 Å². The Labute approximate surface area is 132 Å². The van der Waals surface area contributed by atoms with Gasteiger partial charge in [0, 0.05) is 27.7 Å². The molecule has 0 radical (unpaired) electrons. The molecule has 2 N–H and O–H groups in total. The molecule has 2 aromatic rings. The molecule has 0 aliphatic carbocycles. The zero-order valence-electron chi connectivity index (χ0n) is 10.9. The molecule has 0 atom stereocenters. The number of urea groups is 1. The second-order valence-corrected chi connectivity index (χ2v) is 5.61. The zero-order chi connectivity index (χ0) is 15.0. The van der Waals surface area contributed by atoms with Gasteiger partial charge in [-0.25, -0.2) is 4.79 Å². The van der Waals surface area contributed by atoms with Gasteiger partial charge in [-0.15, -0.1) is 0 Å². The quantitative estimate of drug-likeness (QED) is 0.836. The van der Waals surface area contributed by atoms with E-state index in [9.17, 15) is 9.82 Å². The molecule has 106 valence electrons. The number of fused-ring (bicyclic) bond motifs is 1. The van der Waals surface area contributed by atoms with E-state index in [1.54, 1.807) is 12.1 Å². The normalized spacial score (nSPS) is 14.0. The van der Waals surface area contributed by atoms with Crippen molar-refractivity contribution in [2.24, 2.45) is 0 Å². The van der Waals surface area contributed by atoms with Crippen LogP contribution >= 0.6 is 23.2 Å². The van der Waals surface area contributed by atoms with Gasteiger partial charge in [0.25, 0.3) is 0 Å². The van der Waals surface area contributed by atoms with Crippen LogP contribution in [0, 0.1) is 0 Å². The lowest BCUT2D eigenvalue weighted by molar-refractivity contribution is 0.229. The summed E-state index contributed by atoms with van der Waals surface area (Å²) in [4.78, 5) is 13.5. The van der Waals surface area contributed by atoms with Gasteiger partial charge < -0.3 is 15.2 Å². The van der Waals surface area contributed by atoms with Crippen LogP contribution in [-0.2, 0) is 6.54 Å². The third kappa shape index (κ3) is 2.72. The molecule has 21 heavy (non-hydrogen) atoms. The van der Waals surface area contributed by atoms with E-state index in [2.05, 4.69) is 5.32 Å². The fraction of sp³-hybridized carbons (Fsp3) is 0.0714. The number of hydrogen-bond acceptors (Lipinski definition) is 2. The number of anilines is 1. The van der Waals surface area contributed by atoms with Crippen LogP contribution in [0.3, 0.4) is 0 Å². The number of nitrogens with zero attached hydrogens (tertiary/aromatic N) is 1. The monoisotopic (exact) mass is 320 g/mol. The van der Waals surface area contributed by atoms with Gasteiger partial charge in [0.2, 0.25) is 0 Å². The number of hydrogen-bond donors (Lipinski definition) is 2. The van der Waals surface area contributed by atoms with Crippen molar-refractivity contribution < 1.29 is 9.82 Å². The summed E-state index contributed by atoms with van der Waals surface area (Å²) in [6, 6.07) is 12.2. The highest BCUT2D eigenvalue weighted by atomic mass is 35.5. The van der Waals surface area contributed by atoms with Crippen molar-refractivity contribution in [1.29, 1.82) is 0 Å². The Kier molecular flexibility index (Phi) is 3.80. The number of carbonyl (C=O) groups is 1. The van der Waals surface area contributed by atoms with Crippen LogP contribution in [0.5, 0.6) is 0 Å². The number of rotatable bonds is 2. The van der Waals surface area contributed by atoms with Crippen molar-refractivity contribution in [3.8, 4) is 0 Å². The molecule has 7 heteroatoms. The lowest BCUT2D eigenvalue weighted by atomic mass is 9.69. The molecular formula is C14H11BCl2N2O2. The van der Waals surface area contributed by atoms with E-state index in [-0.39, 0.29) is 6.54 Å². The minimum atomic E-state index is -1.11. The molecule has 1 heterocycles. The molecule has 3 rings (SSSR count). The summed E-state index contributed by atoms with van der Waals surface area (Å²) >= 11 is 12.0. The Morgan fingerprint density at radius 1 is 1.19 bits per heavy atom. The Bertz CT molecular complexity index is 697. The highest BCUT2D eigenvalue weighted by Gasteiger charge is 2.37. The highest BCUT2D eigenvalue weighted by Crippen LogP contribution is 2.25. The Morgan fingerprint density at radius 2 is 1.90 bits per heavy atom. The molecule has 0 aromatic heterocycles. The number of carbonyl (C=O) groups excluding carboxylic acids is 1. The topological polar surface area (TPSA) is 52.6 Å². The van der Waals surface area contributed by atoms with Crippen LogP contribution in [0.2, 0.25) is 10.0 Å². The second-order valence-electron chi connectivity index (χ2n) is 4.77. The van der Waals surface area contributed by atoms with E-state index in [1.165, 1.54) is 4.81 Å². The van der Waals surface area contributed by atoms with Gasteiger partial charge in [-0.1, -0.05) is 53.5 Å². The highest BCUT2D eigenvalue weighted by molar-refractivity contribution is 6.72. The minimum absolute atomic E-state index is 0.284. The fourth-order valence-electron chi connectivity index (χ4n) is 2.34. The number of benzene rings is 2. The predicted octanol–water partition coefficient (Wildman–Crippen LogP) is 2.73. The van der Waals surface area contributed by atoms with Gasteiger partial charge >= 0.3 is 13.1 Å². The van der Waals surface area contributed by atoms with E-state index >= 15 is 0 Å². The first-order chi connectivity index (χ1) is 10.1. The van der Waals surface area contributed by atoms with Crippen molar-refractivity contribution in [2.75, 3.05) is 5.32 Å². The van der Waals surface area contributed by atoms with E-state index in [0.29, 0.717) is 21.2 Å². The molecule has 0 fully saturated rings. The number of amides is 2. The maximum Gasteiger partial charge on any atom is 0.456 e. The first kappa shape index (κ1) is 14.3. The van der Waals surface area contributed by atoms with Crippen LogP contribution < -0.4 is 10.8 Å². The fourth-order valence-corrected chi connectivity index (χ4v) is 2.93. The predicted molar refractivity (Wildman–Crippen MR) is 85.1 cm³/mol. The van der Waals surface area contributed by atoms with Crippen molar-refractivity contribution >= 4 is 47.4 Å². The lowest BCUT2D eigenvalue weighted by Gasteiger charge is -2.32. The van der Waals surface area contributed by atoms with Crippen molar-refractivity contribution in [3.63, 3.8) is 0 Å². The van der Waals surface area contributed by atoms with Crippen LogP contribution in [0.1, 0.15) is 5.56 Å². The van der Waals surface area contributed by atoms with Gasteiger partial charge in [-0.3, -0.25) is 0 Å². The summed E-state index contributed by atoms with van der Waals surface area (Å²) in [5, 5.41) is 13.9. The summed E-state index contributed by atoms with van der Waals surface area (Å²) in [7, 11) is -1.11. The summed E-state index contributed by atoms with van der Waals surface area (Å²) in [6.45, 7) is 0.284. The molecule has 1 aliphatic heterocycles. The molecule has 1 aliphatic rings. The molecule has 2 aromatic carbocycles. The van der Waals surface area contributed by atoms with Gasteiger partial charge in [0.1, 0.15) is 0 Å². The van der Waals surface area contributed by atoms with E-state index in [4.69, 9.17) is 23.2 Å². The standard InChI is InChI=1S/C14H11BCl2N2O2/c16-10-6-11(17)13-12(7-10)18-14(20)19(15(13)21)8-9-4-2-1-3-5-9/h1-7,21H,8H2,(H,18,20). The van der Waals surface area contributed by atoms with Crippen LogP contribution in [0.15, 0.2) is 42.5 Å². The van der Waals surface area contributed by atoms with Gasteiger partial charge in [0.05, 0.1) is 0 Å². The van der Waals surface area contributed by atoms with E-state index in [0.717, 1.165) is 5.56 Å². The molecule has 0 bridgehead atoms. The molecule has 0 spiro atoms. The molecule has 2 amide bonds. The second kappa shape index (κ2) is 5.60. The molecule has 4 nitrogen and oxygen atoms in total. The number of halogens is 2. The lowest BCUT2D eigenvalue weighted by Crippen LogP contribution is -2.57. The van der Waals surface area contributed by atoms with Crippen molar-refractivity contribution in [3.05, 3.63) is 58.1 Å². The molecule has 0 unspecified atom stereocenters. The van der Waals surface area contributed by atoms with Gasteiger partial charge in [-0.05, 0) is 17.7 Å². The third-order valence-corrected chi connectivity index (χ3v) is 3.88. The van der Waals surface area contributed by atoms with E-state index in [1.807, 2.05) is 30.3 Å². The first-order valence-corrected chi connectivity index (χ1v) is 7.10. The third-order valence-electron chi connectivity index (χ3n) is 3.35. The largest absolute Gasteiger partial charge is 0.456 e. The summed E-state index contributed by atoms with van der Waals surface area (Å²) in [5.41, 5.74) is 1.81. The minimum Gasteiger partial charge on any atom is -0.428 e. The number of nitrogens with one attached hydrogen (secondary N) is 1. The Hall–Kier alpha value is -1.69.